The lowest BCUT2D eigenvalue weighted by Crippen LogP contribution is -2.11. The third kappa shape index (κ3) is 2.95. The first-order valence-electron chi connectivity index (χ1n) is 5.73. The second-order valence-electron chi connectivity index (χ2n) is 3.88. The number of halogens is 1. The van der Waals surface area contributed by atoms with Crippen LogP contribution in [0.2, 0.25) is 5.02 Å². The molecule has 0 atom stereocenters. The molecule has 2 aromatic rings. The summed E-state index contributed by atoms with van der Waals surface area (Å²) >= 11 is 5.98. The van der Waals surface area contributed by atoms with Gasteiger partial charge in [0, 0.05) is 6.42 Å². The average Bonchev–Trinajstić information content (AvgIpc) is 2.90. The van der Waals surface area contributed by atoms with Gasteiger partial charge in [-0.15, -0.1) is 0 Å². The minimum absolute atomic E-state index is 0.234. The Morgan fingerprint density at radius 2 is 2.21 bits per heavy atom. The monoisotopic (exact) mass is 274 g/mol. The fourth-order valence-electron chi connectivity index (χ4n) is 1.56. The van der Waals surface area contributed by atoms with Gasteiger partial charge in [-0.25, -0.2) is 0 Å². The van der Waals surface area contributed by atoms with Crippen LogP contribution in [-0.4, -0.2) is 5.91 Å². The molecule has 4 nitrogen and oxygen atoms in total. The van der Waals surface area contributed by atoms with Gasteiger partial charge in [0.05, 0.1) is 22.3 Å². The summed E-state index contributed by atoms with van der Waals surface area (Å²) in [6.45, 7) is 1.94. The molecule has 0 aliphatic rings. The summed E-state index contributed by atoms with van der Waals surface area (Å²) in [5.74, 6) is 0.611. The van der Waals surface area contributed by atoms with Gasteiger partial charge >= 0.3 is 0 Å². The maximum Gasteiger partial charge on any atom is 0.291 e. The highest BCUT2D eigenvalue weighted by molar-refractivity contribution is 6.34. The number of carbonyl (C=O) groups is 1. The third-order valence-corrected chi connectivity index (χ3v) is 2.89. The smallest absolute Gasteiger partial charge is 0.291 e. The van der Waals surface area contributed by atoms with Crippen LogP contribution < -0.4 is 5.32 Å². The van der Waals surface area contributed by atoms with Crippen molar-refractivity contribution in [2.24, 2.45) is 0 Å². The summed E-state index contributed by atoms with van der Waals surface area (Å²) in [5, 5.41) is 11.7. The molecule has 19 heavy (non-hydrogen) atoms. The van der Waals surface area contributed by atoms with E-state index >= 15 is 0 Å². The molecule has 96 valence electrons. The molecular formula is C14H11ClN2O2. The van der Waals surface area contributed by atoms with Gasteiger partial charge < -0.3 is 9.73 Å². The summed E-state index contributed by atoms with van der Waals surface area (Å²) in [6.07, 6.45) is 0.727. The number of furan rings is 1. The molecule has 1 N–H and O–H groups in total. The van der Waals surface area contributed by atoms with Crippen molar-refractivity contribution in [3.05, 3.63) is 52.4 Å². The lowest BCUT2D eigenvalue weighted by molar-refractivity contribution is 0.0995. The average molecular weight is 275 g/mol. The van der Waals surface area contributed by atoms with Gasteiger partial charge in [0.1, 0.15) is 5.76 Å². The standard InChI is InChI=1S/C14H11ClN2O2/c1-2-10-4-6-13(19-10)14(18)17-12-5-3-9(8-16)7-11(12)15/h3-7H,2H2,1H3,(H,17,18). The lowest BCUT2D eigenvalue weighted by Gasteiger charge is -2.05. The second kappa shape index (κ2) is 5.59. The van der Waals surface area contributed by atoms with Crippen LogP contribution in [0, 0.1) is 11.3 Å². The Morgan fingerprint density at radius 1 is 1.42 bits per heavy atom. The SMILES string of the molecule is CCc1ccc(C(=O)Nc2ccc(C#N)cc2Cl)o1. The van der Waals surface area contributed by atoms with Crippen molar-refractivity contribution in [1.82, 2.24) is 0 Å². The van der Waals surface area contributed by atoms with Crippen LogP contribution in [0.25, 0.3) is 0 Å². The van der Waals surface area contributed by atoms with Crippen LogP contribution >= 0.6 is 11.6 Å². The molecule has 0 radical (unpaired) electrons. The van der Waals surface area contributed by atoms with Crippen LogP contribution in [0.4, 0.5) is 5.69 Å². The first-order chi connectivity index (χ1) is 9.13. The van der Waals surface area contributed by atoms with Gasteiger partial charge in [0.2, 0.25) is 0 Å². The molecule has 0 bridgehead atoms. The van der Waals surface area contributed by atoms with Gasteiger partial charge in [0.15, 0.2) is 5.76 Å². The predicted molar refractivity (Wildman–Crippen MR) is 72.2 cm³/mol. The number of amides is 1. The number of hydrogen-bond acceptors (Lipinski definition) is 3. The van der Waals surface area contributed by atoms with E-state index < -0.39 is 0 Å². The zero-order valence-corrected chi connectivity index (χ0v) is 11.0. The Kier molecular flexibility index (Phi) is 3.88. The van der Waals surface area contributed by atoms with Gasteiger partial charge in [0.25, 0.3) is 5.91 Å². The van der Waals surface area contributed by atoms with Crippen molar-refractivity contribution < 1.29 is 9.21 Å². The Morgan fingerprint density at radius 3 is 2.79 bits per heavy atom. The van der Waals surface area contributed by atoms with Crippen molar-refractivity contribution in [3.63, 3.8) is 0 Å². The first-order valence-corrected chi connectivity index (χ1v) is 6.11. The maximum atomic E-state index is 11.9. The van der Waals surface area contributed by atoms with Crippen LogP contribution in [-0.2, 0) is 6.42 Å². The minimum atomic E-state index is -0.369. The van der Waals surface area contributed by atoms with E-state index in [0.717, 1.165) is 12.2 Å². The van der Waals surface area contributed by atoms with E-state index in [-0.39, 0.29) is 11.7 Å². The molecule has 1 amide bonds. The van der Waals surface area contributed by atoms with Crippen molar-refractivity contribution in [2.45, 2.75) is 13.3 Å². The van der Waals surface area contributed by atoms with Crippen molar-refractivity contribution in [2.75, 3.05) is 5.32 Å². The van der Waals surface area contributed by atoms with Gasteiger partial charge in [-0.05, 0) is 30.3 Å². The molecule has 0 saturated carbocycles. The molecule has 1 aromatic carbocycles. The summed E-state index contributed by atoms with van der Waals surface area (Å²) < 4.78 is 5.34. The zero-order chi connectivity index (χ0) is 13.8. The van der Waals surface area contributed by atoms with E-state index in [1.165, 1.54) is 6.07 Å². The summed E-state index contributed by atoms with van der Waals surface area (Å²) in [4.78, 5) is 11.9. The highest BCUT2D eigenvalue weighted by atomic mass is 35.5. The van der Waals surface area contributed by atoms with Crippen LogP contribution in [0.3, 0.4) is 0 Å². The van der Waals surface area contributed by atoms with Crippen LogP contribution in [0.5, 0.6) is 0 Å². The Hall–Kier alpha value is -2.25. The lowest BCUT2D eigenvalue weighted by atomic mass is 10.2. The number of rotatable bonds is 3. The molecule has 1 aromatic heterocycles. The molecule has 1 heterocycles. The Labute approximate surface area is 115 Å². The predicted octanol–water partition coefficient (Wildman–Crippen LogP) is 3.62. The molecule has 5 heteroatoms. The maximum absolute atomic E-state index is 11.9. The fraction of sp³-hybridized carbons (Fsp3) is 0.143. The van der Waals surface area contributed by atoms with E-state index in [4.69, 9.17) is 21.3 Å². The van der Waals surface area contributed by atoms with E-state index in [2.05, 4.69) is 5.32 Å². The molecule has 0 saturated heterocycles. The summed E-state index contributed by atoms with van der Waals surface area (Å²) in [7, 11) is 0. The molecule has 0 spiro atoms. The minimum Gasteiger partial charge on any atom is -0.456 e. The molecule has 2 rings (SSSR count). The van der Waals surface area contributed by atoms with Crippen LogP contribution in [0.15, 0.2) is 34.7 Å². The second-order valence-corrected chi connectivity index (χ2v) is 4.29. The van der Waals surface area contributed by atoms with Gasteiger partial charge in [-0.2, -0.15) is 5.26 Å². The topological polar surface area (TPSA) is 66.0 Å². The van der Waals surface area contributed by atoms with Gasteiger partial charge in [-0.1, -0.05) is 18.5 Å². The van der Waals surface area contributed by atoms with Crippen molar-refractivity contribution in [3.8, 4) is 6.07 Å². The number of aryl methyl sites for hydroxylation is 1. The number of anilines is 1. The molecule has 0 aliphatic carbocycles. The normalized spacial score (nSPS) is 9.95. The van der Waals surface area contributed by atoms with Crippen LogP contribution in [0.1, 0.15) is 28.8 Å². The third-order valence-electron chi connectivity index (χ3n) is 2.58. The summed E-state index contributed by atoms with van der Waals surface area (Å²) in [6, 6.07) is 10.0. The molecule has 0 unspecified atom stereocenters. The highest BCUT2D eigenvalue weighted by Gasteiger charge is 2.12. The van der Waals surface area contributed by atoms with Crippen molar-refractivity contribution in [1.29, 1.82) is 5.26 Å². The number of hydrogen-bond donors (Lipinski definition) is 1. The van der Waals surface area contributed by atoms with E-state index in [1.54, 1.807) is 24.3 Å². The number of nitrogens with zero attached hydrogens (tertiary/aromatic N) is 1. The zero-order valence-electron chi connectivity index (χ0n) is 10.2. The van der Waals surface area contributed by atoms with E-state index in [0.29, 0.717) is 16.3 Å². The molecule has 0 fully saturated rings. The largest absolute Gasteiger partial charge is 0.456 e. The molecule has 0 aliphatic heterocycles. The number of benzene rings is 1. The van der Waals surface area contributed by atoms with E-state index in [1.807, 2.05) is 13.0 Å². The Balaban J connectivity index is 2.17. The molecular weight excluding hydrogens is 264 g/mol. The summed E-state index contributed by atoms with van der Waals surface area (Å²) in [5.41, 5.74) is 0.884. The number of nitriles is 1. The highest BCUT2D eigenvalue weighted by Crippen LogP contribution is 2.23. The Bertz CT molecular complexity index is 656. The van der Waals surface area contributed by atoms with E-state index in [9.17, 15) is 4.79 Å². The fourth-order valence-corrected chi connectivity index (χ4v) is 1.79. The number of nitrogens with one attached hydrogen (secondary N) is 1. The number of carbonyl (C=O) groups excluding carboxylic acids is 1. The quantitative estimate of drug-likeness (QED) is 0.929. The first kappa shape index (κ1) is 13.2. The van der Waals surface area contributed by atoms with Gasteiger partial charge in [-0.3, -0.25) is 4.79 Å². The van der Waals surface area contributed by atoms with Crippen molar-refractivity contribution >= 4 is 23.2 Å².